The fourth-order valence-electron chi connectivity index (χ4n) is 4.06. The number of ether oxygens (including phenoxy) is 1. The molecular weight excluding hydrogens is 404 g/mol. The number of amides is 1. The van der Waals surface area contributed by atoms with Gasteiger partial charge < -0.3 is 9.15 Å². The van der Waals surface area contributed by atoms with Gasteiger partial charge in [0.15, 0.2) is 5.43 Å². The van der Waals surface area contributed by atoms with Crippen molar-refractivity contribution >= 4 is 22.7 Å². The van der Waals surface area contributed by atoms with Gasteiger partial charge in [0, 0.05) is 5.69 Å². The van der Waals surface area contributed by atoms with Crippen LogP contribution in [0.4, 0.5) is 5.82 Å². The molecule has 0 bridgehead atoms. The van der Waals surface area contributed by atoms with E-state index in [1.807, 2.05) is 43.3 Å². The van der Waals surface area contributed by atoms with E-state index < -0.39 is 11.9 Å². The lowest BCUT2D eigenvalue weighted by molar-refractivity contribution is 0.0970. The van der Waals surface area contributed by atoms with Crippen LogP contribution in [0.15, 0.2) is 88.6 Å². The molecule has 2 aromatic carbocycles. The van der Waals surface area contributed by atoms with E-state index in [2.05, 4.69) is 11.6 Å². The van der Waals surface area contributed by atoms with Crippen LogP contribution in [0.25, 0.3) is 11.0 Å². The molecule has 0 saturated heterocycles. The van der Waals surface area contributed by atoms with Gasteiger partial charge in [0.05, 0.1) is 17.0 Å². The smallest absolute Gasteiger partial charge is 0.296 e. The van der Waals surface area contributed by atoms with Crippen molar-refractivity contribution < 1.29 is 13.9 Å². The zero-order valence-corrected chi connectivity index (χ0v) is 17.4. The maximum atomic E-state index is 13.6. The number of rotatable bonds is 5. The molecule has 158 valence electrons. The van der Waals surface area contributed by atoms with Crippen molar-refractivity contribution in [2.45, 2.75) is 13.0 Å². The van der Waals surface area contributed by atoms with E-state index in [-0.39, 0.29) is 11.2 Å². The van der Waals surface area contributed by atoms with Crippen molar-refractivity contribution in [1.29, 1.82) is 0 Å². The molecule has 0 aliphatic carbocycles. The summed E-state index contributed by atoms with van der Waals surface area (Å²) < 4.78 is 11.7. The summed E-state index contributed by atoms with van der Waals surface area (Å²) in [5, 5.41) is 0.433. The summed E-state index contributed by atoms with van der Waals surface area (Å²) in [4.78, 5) is 33.2. The number of benzene rings is 2. The van der Waals surface area contributed by atoms with Gasteiger partial charge in [-0.15, -0.1) is 0 Å². The molecule has 1 atom stereocenters. The van der Waals surface area contributed by atoms with Crippen molar-refractivity contribution in [1.82, 2.24) is 4.98 Å². The summed E-state index contributed by atoms with van der Waals surface area (Å²) in [6.07, 6.45) is 1.66. The van der Waals surface area contributed by atoms with E-state index in [0.29, 0.717) is 34.7 Å². The Balaban J connectivity index is 1.77. The van der Waals surface area contributed by atoms with Crippen LogP contribution in [0.1, 0.15) is 33.4 Å². The first kappa shape index (κ1) is 19.8. The molecule has 4 aromatic rings. The zero-order chi connectivity index (χ0) is 22.2. The number of para-hydroxylation sites is 1. The minimum atomic E-state index is -0.695. The molecule has 2 aromatic heterocycles. The molecule has 1 amide bonds. The van der Waals surface area contributed by atoms with Crippen molar-refractivity contribution in [3.8, 4) is 5.75 Å². The van der Waals surface area contributed by atoms with E-state index in [1.54, 1.807) is 36.4 Å². The van der Waals surface area contributed by atoms with Crippen molar-refractivity contribution in [3.63, 3.8) is 0 Å². The van der Waals surface area contributed by atoms with Gasteiger partial charge in [0.25, 0.3) is 5.91 Å². The maximum Gasteiger partial charge on any atom is 0.296 e. The Kier molecular flexibility index (Phi) is 4.82. The molecule has 1 aliphatic rings. The van der Waals surface area contributed by atoms with Gasteiger partial charge in [-0.25, -0.2) is 4.98 Å². The van der Waals surface area contributed by atoms with Crippen LogP contribution < -0.4 is 15.1 Å². The van der Waals surface area contributed by atoms with Gasteiger partial charge in [0.2, 0.25) is 5.76 Å². The predicted octanol–water partition coefficient (Wildman–Crippen LogP) is 4.81. The Morgan fingerprint density at radius 3 is 2.72 bits per heavy atom. The fourth-order valence-corrected chi connectivity index (χ4v) is 4.06. The summed E-state index contributed by atoms with van der Waals surface area (Å²) in [5.41, 5.74) is 1.94. The number of aryl methyl sites for hydroxylation is 1. The summed E-state index contributed by atoms with van der Waals surface area (Å²) in [6, 6.07) is 19.1. The molecule has 6 nitrogen and oxygen atoms in total. The molecule has 6 heteroatoms. The average Bonchev–Trinajstić information content (AvgIpc) is 3.10. The Bertz CT molecular complexity index is 1420. The summed E-state index contributed by atoms with van der Waals surface area (Å²) >= 11 is 0. The standard InChI is InChI=1S/C26H20N2O4/c1-3-14-31-18-10-7-9-17(15-18)23-22-24(29)19-11-4-5-12-20(19)32-25(22)26(30)28(23)21-13-6-8-16(2)27-21/h3-13,15,23H,1,14H2,2H3. The van der Waals surface area contributed by atoms with Gasteiger partial charge in [-0.3, -0.25) is 14.5 Å². The molecule has 5 rings (SSSR count). The number of pyridine rings is 1. The first-order valence-corrected chi connectivity index (χ1v) is 10.2. The molecule has 3 heterocycles. The lowest BCUT2D eigenvalue weighted by atomic mass is 9.98. The Hall–Kier alpha value is -4.19. The molecule has 0 fully saturated rings. The molecule has 0 spiro atoms. The van der Waals surface area contributed by atoms with E-state index >= 15 is 0 Å². The molecule has 0 saturated carbocycles. The highest BCUT2D eigenvalue weighted by Crippen LogP contribution is 2.41. The maximum absolute atomic E-state index is 13.6. The average molecular weight is 424 g/mol. The highest BCUT2D eigenvalue weighted by atomic mass is 16.5. The number of anilines is 1. The number of carbonyl (C=O) groups is 1. The van der Waals surface area contributed by atoms with Crippen LogP contribution >= 0.6 is 0 Å². The lowest BCUT2D eigenvalue weighted by Gasteiger charge is -2.24. The largest absolute Gasteiger partial charge is 0.490 e. The second-order valence-corrected chi connectivity index (χ2v) is 7.56. The molecular formula is C26H20N2O4. The Morgan fingerprint density at radius 2 is 1.91 bits per heavy atom. The highest BCUT2D eigenvalue weighted by molar-refractivity contribution is 6.10. The van der Waals surface area contributed by atoms with Gasteiger partial charge in [-0.2, -0.15) is 0 Å². The summed E-state index contributed by atoms with van der Waals surface area (Å²) in [6.45, 7) is 5.88. The number of nitrogens with zero attached hydrogens (tertiary/aromatic N) is 2. The SMILES string of the molecule is C=CCOc1cccc(C2c3c(oc4ccccc4c3=O)C(=O)N2c2cccc(C)n2)c1. The minimum absolute atomic E-state index is 0.0411. The minimum Gasteiger partial charge on any atom is -0.490 e. The van der Waals surface area contributed by atoms with Crippen LogP contribution in [0, 0.1) is 6.92 Å². The van der Waals surface area contributed by atoms with Gasteiger partial charge in [0.1, 0.15) is 23.8 Å². The molecule has 0 radical (unpaired) electrons. The van der Waals surface area contributed by atoms with E-state index in [1.165, 1.54) is 4.90 Å². The van der Waals surface area contributed by atoms with Crippen LogP contribution in [-0.2, 0) is 0 Å². The summed E-state index contributed by atoms with van der Waals surface area (Å²) in [5.74, 6) is 0.709. The van der Waals surface area contributed by atoms with Crippen LogP contribution in [0.2, 0.25) is 0 Å². The van der Waals surface area contributed by atoms with Crippen LogP contribution in [0.5, 0.6) is 5.75 Å². The first-order valence-electron chi connectivity index (χ1n) is 10.2. The molecule has 1 aliphatic heterocycles. The number of hydrogen-bond acceptors (Lipinski definition) is 5. The Labute approximate surface area is 184 Å². The van der Waals surface area contributed by atoms with Crippen molar-refractivity contribution in [3.05, 3.63) is 112 Å². The quantitative estimate of drug-likeness (QED) is 0.430. The normalized spacial score (nSPS) is 15.1. The van der Waals surface area contributed by atoms with Crippen LogP contribution in [-0.4, -0.2) is 17.5 Å². The predicted molar refractivity (Wildman–Crippen MR) is 122 cm³/mol. The van der Waals surface area contributed by atoms with Gasteiger partial charge >= 0.3 is 0 Å². The molecule has 0 N–H and O–H groups in total. The second-order valence-electron chi connectivity index (χ2n) is 7.56. The number of aromatic nitrogens is 1. The topological polar surface area (TPSA) is 72.6 Å². The number of carbonyl (C=O) groups excluding carboxylic acids is 1. The fraction of sp³-hybridized carbons (Fsp3) is 0.115. The Morgan fingerprint density at radius 1 is 1.09 bits per heavy atom. The number of fused-ring (bicyclic) bond motifs is 2. The lowest BCUT2D eigenvalue weighted by Crippen LogP contribution is -2.30. The molecule has 1 unspecified atom stereocenters. The number of hydrogen-bond donors (Lipinski definition) is 0. The highest BCUT2D eigenvalue weighted by Gasteiger charge is 2.44. The van der Waals surface area contributed by atoms with Gasteiger partial charge in [-0.1, -0.05) is 43.0 Å². The monoisotopic (exact) mass is 424 g/mol. The summed E-state index contributed by atoms with van der Waals surface area (Å²) in [7, 11) is 0. The third kappa shape index (κ3) is 3.17. The van der Waals surface area contributed by atoms with Crippen LogP contribution in [0.3, 0.4) is 0 Å². The first-order chi connectivity index (χ1) is 15.6. The van der Waals surface area contributed by atoms with Gasteiger partial charge in [-0.05, 0) is 48.9 Å². The third-order valence-electron chi connectivity index (χ3n) is 5.44. The van der Waals surface area contributed by atoms with E-state index in [0.717, 1.165) is 11.3 Å². The second kappa shape index (κ2) is 7.81. The van der Waals surface area contributed by atoms with Crippen molar-refractivity contribution in [2.75, 3.05) is 11.5 Å². The van der Waals surface area contributed by atoms with Crippen molar-refractivity contribution in [2.24, 2.45) is 0 Å². The van der Waals surface area contributed by atoms with E-state index in [9.17, 15) is 9.59 Å². The molecule has 32 heavy (non-hydrogen) atoms. The van der Waals surface area contributed by atoms with E-state index in [4.69, 9.17) is 9.15 Å². The third-order valence-corrected chi connectivity index (χ3v) is 5.44. The zero-order valence-electron chi connectivity index (χ0n) is 17.4.